The van der Waals surface area contributed by atoms with E-state index in [1.807, 2.05) is 0 Å². The number of ether oxygens (including phenoxy) is 1. The van der Waals surface area contributed by atoms with Crippen molar-refractivity contribution in [3.05, 3.63) is 17.1 Å². The van der Waals surface area contributed by atoms with Gasteiger partial charge >= 0.3 is 6.30 Å². The van der Waals surface area contributed by atoms with Gasteiger partial charge < -0.3 is 10.5 Å². The van der Waals surface area contributed by atoms with Crippen LogP contribution in [0.5, 0.6) is 5.88 Å². The predicted octanol–water partition coefficient (Wildman–Crippen LogP) is 2.48. The van der Waals surface area contributed by atoms with E-state index >= 15 is 0 Å². The van der Waals surface area contributed by atoms with Crippen molar-refractivity contribution in [2.24, 2.45) is 5.73 Å². The summed E-state index contributed by atoms with van der Waals surface area (Å²) >= 11 is 0. The van der Waals surface area contributed by atoms with Gasteiger partial charge in [0.1, 0.15) is 0 Å². The summed E-state index contributed by atoms with van der Waals surface area (Å²) in [5.74, 6) is -2.56. The molecule has 2 aromatic rings. The molecule has 1 aliphatic heterocycles. The third kappa shape index (κ3) is 4.07. The second-order valence-corrected chi connectivity index (χ2v) is 9.33. The number of hydrogen-bond donors (Lipinski definition) is 2. The lowest BCUT2D eigenvalue weighted by atomic mass is 10.0. The zero-order chi connectivity index (χ0) is 23.3. The fourth-order valence-corrected chi connectivity index (χ4v) is 4.75. The Balaban J connectivity index is 2.23. The molecule has 0 unspecified atom stereocenters. The van der Waals surface area contributed by atoms with Gasteiger partial charge in [0, 0.05) is 13.0 Å². The number of hydrogen-bond acceptors (Lipinski definition) is 6. The Morgan fingerprint density at radius 2 is 1.84 bits per heavy atom. The van der Waals surface area contributed by atoms with Gasteiger partial charge in [0.25, 0.3) is 15.9 Å². The fourth-order valence-electron chi connectivity index (χ4n) is 3.38. The van der Waals surface area contributed by atoms with E-state index in [-0.39, 0.29) is 34.2 Å². The second-order valence-electron chi connectivity index (χ2n) is 7.71. The van der Waals surface area contributed by atoms with Crippen molar-refractivity contribution in [3.8, 4) is 5.88 Å². The number of carbonyl (C=O) groups is 1. The van der Waals surface area contributed by atoms with Gasteiger partial charge in [-0.2, -0.15) is 14.9 Å². The molecular weight excluding hydrogens is 441 g/mol. The highest BCUT2D eigenvalue weighted by Gasteiger charge is 2.41. The Morgan fingerprint density at radius 1 is 1.19 bits per heavy atom. The topological polar surface area (TPSA) is 134 Å². The molecule has 172 valence electrons. The predicted molar refractivity (Wildman–Crippen MR) is 103 cm³/mol. The first-order valence-corrected chi connectivity index (χ1v) is 11.0. The van der Waals surface area contributed by atoms with E-state index in [0.717, 1.165) is 0 Å². The number of nitrogens with two attached hydrogens (primary N) is 1. The SMILES string of the molecule is CC(C)c1nn(C(F)(F)F)c(C(C)C)c1NS(=O)(=O)c1c(C(N)=O)nn2c1OCCC2. The number of fused-ring (bicyclic) bond motifs is 1. The monoisotopic (exact) mass is 464 g/mol. The summed E-state index contributed by atoms with van der Waals surface area (Å²) in [5, 5.41) is 7.55. The van der Waals surface area contributed by atoms with Gasteiger partial charge in [-0.05, 0) is 11.8 Å². The first-order chi connectivity index (χ1) is 14.3. The highest BCUT2D eigenvalue weighted by atomic mass is 32.2. The van der Waals surface area contributed by atoms with Crippen LogP contribution in [0, 0.1) is 0 Å². The normalized spacial score (nSPS) is 14.6. The van der Waals surface area contributed by atoms with Crippen molar-refractivity contribution in [2.75, 3.05) is 11.3 Å². The molecular formula is C17H23F3N6O4S. The van der Waals surface area contributed by atoms with Gasteiger partial charge in [-0.25, -0.2) is 13.1 Å². The number of sulfonamides is 1. The molecule has 3 rings (SSSR count). The van der Waals surface area contributed by atoms with E-state index in [1.165, 1.54) is 18.5 Å². The molecule has 0 atom stereocenters. The van der Waals surface area contributed by atoms with Crippen LogP contribution in [0.4, 0.5) is 18.9 Å². The number of primary amides is 1. The summed E-state index contributed by atoms with van der Waals surface area (Å²) in [4.78, 5) is 11.3. The number of rotatable bonds is 6. The average molecular weight is 464 g/mol. The highest BCUT2D eigenvalue weighted by Crippen LogP contribution is 2.39. The molecule has 0 fully saturated rings. The van der Waals surface area contributed by atoms with E-state index in [4.69, 9.17) is 10.5 Å². The largest absolute Gasteiger partial charge is 0.504 e. The van der Waals surface area contributed by atoms with Crippen molar-refractivity contribution in [1.82, 2.24) is 19.6 Å². The number of nitrogens with zero attached hydrogens (tertiary/aromatic N) is 4. The van der Waals surface area contributed by atoms with Crippen LogP contribution in [0.25, 0.3) is 0 Å². The molecule has 10 nitrogen and oxygen atoms in total. The third-order valence-corrected chi connectivity index (χ3v) is 6.02. The molecule has 0 radical (unpaired) electrons. The number of aryl methyl sites for hydroxylation is 1. The average Bonchev–Trinajstić information content (AvgIpc) is 3.20. The number of aromatic nitrogens is 4. The van der Waals surface area contributed by atoms with Crippen molar-refractivity contribution >= 4 is 21.6 Å². The van der Waals surface area contributed by atoms with Gasteiger partial charge in [0.15, 0.2) is 10.6 Å². The maximum atomic E-state index is 13.6. The quantitative estimate of drug-likeness (QED) is 0.675. The van der Waals surface area contributed by atoms with E-state index in [2.05, 4.69) is 14.9 Å². The summed E-state index contributed by atoms with van der Waals surface area (Å²) in [6.07, 6.45) is -4.32. The first kappa shape index (κ1) is 22.9. The van der Waals surface area contributed by atoms with Gasteiger partial charge in [0.2, 0.25) is 5.88 Å². The molecule has 0 aliphatic carbocycles. The molecule has 0 bridgehead atoms. The van der Waals surface area contributed by atoms with Gasteiger partial charge in [-0.3, -0.25) is 9.52 Å². The molecule has 0 aromatic carbocycles. The minimum Gasteiger partial charge on any atom is -0.477 e. The Bertz CT molecular complexity index is 1120. The van der Waals surface area contributed by atoms with E-state index < -0.39 is 44.7 Å². The minimum atomic E-state index is -4.86. The van der Waals surface area contributed by atoms with E-state index in [1.54, 1.807) is 13.8 Å². The zero-order valence-electron chi connectivity index (χ0n) is 17.3. The van der Waals surface area contributed by atoms with Crippen LogP contribution >= 0.6 is 0 Å². The third-order valence-electron chi connectivity index (χ3n) is 4.64. The van der Waals surface area contributed by atoms with Crippen molar-refractivity contribution in [2.45, 2.75) is 63.7 Å². The molecule has 1 amide bonds. The number of carbonyl (C=O) groups excluding carboxylic acids is 1. The maximum absolute atomic E-state index is 13.6. The molecule has 1 aliphatic rings. The molecule has 14 heteroatoms. The molecule has 3 heterocycles. The van der Waals surface area contributed by atoms with Crippen molar-refractivity contribution < 1.29 is 31.1 Å². The maximum Gasteiger partial charge on any atom is 0.504 e. The number of nitrogens with one attached hydrogen (secondary N) is 1. The molecule has 0 saturated carbocycles. The molecule has 0 spiro atoms. The summed E-state index contributed by atoms with van der Waals surface area (Å²) in [6.45, 7) is 6.63. The number of alkyl halides is 3. The standard InChI is InChI=1S/C17H23F3N6O4S/c1-8(2)10-11(13(9(3)4)26(23-10)17(18,19)20)24-31(28,29)14-12(15(21)27)22-25-6-5-7-30-16(14)25/h8-9,24H,5-7H2,1-4H3,(H2,21,27). The van der Waals surface area contributed by atoms with Crippen LogP contribution < -0.4 is 15.2 Å². The van der Waals surface area contributed by atoms with E-state index in [9.17, 15) is 26.4 Å². The summed E-state index contributed by atoms with van der Waals surface area (Å²) in [6, 6.07) is 0. The highest BCUT2D eigenvalue weighted by molar-refractivity contribution is 7.93. The first-order valence-electron chi connectivity index (χ1n) is 9.52. The fraction of sp³-hybridized carbons (Fsp3) is 0.588. The zero-order valence-corrected chi connectivity index (χ0v) is 18.1. The lowest BCUT2D eigenvalue weighted by Gasteiger charge is -2.18. The number of anilines is 1. The van der Waals surface area contributed by atoms with Gasteiger partial charge in [-0.15, -0.1) is 13.2 Å². The Labute approximate surface area is 176 Å². The second kappa shape index (κ2) is 7.73. The van der Waals surface area contributed by atoms with E-state index in [0.29, 0.717) is 13.0 Å². The lowest BCUT2D eigenvalue weighted by Crippen LogP contribution is -2.23. The van der Waals surface area contributed by atoms with Gasteiger partial charge in [0.05, 0.1) is 23.7 Å². The summed E-state index contributed by atoms with van der Waals surface area (Å²) in [5.41, 5.74) is 4.01. The van der Waals surface area contributed by atoms with Crippen LogP contribution in [0.3, 0.4) is 0 Å². The number of halogens is 3. The Morgan fingerprint density at radius 3 is 2.35 bits per heavy atom. The lowest BCUT2D eigenvalue weighted by molar-refractivity contribution is -0.214. The molecule has 31 heavy (non-hydrogen) atoms. The minimum absolute atomic E-state index is 0.0906. The van der Waals surface area contributed by atoms with Crippen LogP contribution in [-0.2, 0) is 22.9 Å². The molecule has 0 saturated heterocycles. The molecule has 3 N–H and O–H groups in total. The van der Waals surface area contributed by atoms with Crippen LogP contribution in [0.1, 0.15) is 67.8 Å². The van der Waals surface area contributed by atoms with Crippen LogP contribution in [0.2, 0.25) is 0 Å². The Hall–Kier alpha value is -2.77. The summed E-state index contributed by atoms with van der Waals surface area (Å²) < 4.78 is 76.0. The van der Waals surface area contributed by atoms with Crippen molar-refractivity contribution in [3.63, 3.8) is 0 Å². The number of amides is 1. The van der Waals surface area contributed by atoms with Crippen LogP contribution in [0.15, 0.2) is 4.90 Å². The van der Waals surface area contributed by atoms with Gasteiger partial charge in [-0.1, -0.05) is 27.7 Å². The smallest absolute Gasteiger partial charge is 0.477 e. The summed E-state index contributed by atoms with van der Waals surface area (Å²) in [7, 11) is -4.61. The molecule has 2 aromatic heterocycles. The van der Waals surface area contributed by atoms with Crippen molar-refractivity contribution in [1.29, 1.82) is 0 Å². The van der Waals surface area contributed by atoms with Crippen LogP contribution in [-0.4, -0.2) is 40.5 Å². The Kier molecular flexibility index (Phi) is 5.71.